The number of hydrogen-bond acceptors (Lipinski definition) is 4. The fraction of sp³-hybridized carbons (Fsp3) is 0.261. The van der Waals surface area contributed by atoms with Crippen LogP contribution < -0.4 is 0 Å². The van der Waals surface area contributed by atoms with Gasteiger partial charge in [-0.2, -0.15) is 0 Å². The second-order valence-electron chi connectivity index (χ2n) is 7.13. The molecule has 0 aliphatic heterocycles. The molecule has 0 aliphatic carbocycles. The van der Waals surface area contributed by atoms with Crippen molar-refractivity contribution in [3.8, 4) is 10.6 Å². The number of carbonyl (C=O) groups is 2. The summed E-state index contributed by atoms with van der Waals surface area (Å²) in [6, 6.07) is 14.9. The SMILES string of the molecule is CCN(Cc1ccc(C(=O)N(C)C)cc1)C(=O)c1sc(-c2ccccc2Cl)nc1C. The van der Waals surface area contributed by atoms with Gasteiger partial charge in [0.15, 0.2) is 0 Å². The van der Waals surface area contributed by atoms with E-state index >= 15 is 0 Å². The molecule has 0 unspecified atom stereocenters. The number of carbonyl (C=O) groups excluding carboxylic acids is 2. The fourth-order valence-electron chi connectivity index (χ4n) is 3.05. The van der Waals surface area contributed by atoms with E-state index in [0.29, 0.717) is 34.2 Å². The Kier molecular flexibility index (Phi) is 6.90. The lowest BCUT2D eigenvalue weighted by Crippen LogP contribution is -2.30. The summed E-state index contributed by atoms with van der Waals surface area (Å²) in [5, 5.41) is 1.36. The van der Waals surface area contributed by atoms with Crippen LogP contribution >= 0.6 is 22.9 Å². The Hall–Kier alpha value is -2.70. The molecule has 0 spiro atoms. The third-order valence-corrected chi connectivity index (χ3v) is 6.25. The molecule has 3 aromatic rings. The van der Waals surface area contributed by atoms with Gasteiger partial charge >= 0.3 is 0 Å². The Morgan fingerprint density at radius 3 is 2.30 bits per heavy atom. The van der Waals surface area contributed by atoms with Crippen LogP contribution in [0.1, 0.15) is 38.2 Å². The van der Waals surface area contributed by atoms with Gasteiger partial charge in [0, 0.05) is 38.3 Å². The zero-order valence-corrected chi connectivity index (χ0v) is 19.0. The summed E-state index contributed by atoms with van der Waals surface area (Å²) in [5.41, 5.74) is 3.12. The Morgan fingerprint density at radius 2 is 1.70 bits per heavy atom. The summed E-state index contributed by atoms with van der Waals surface area (Å²) < 4.78 is 0. The maximum Gasteiger partial charge on any atom is 0.266 e. The molecule has 3 rings (SSSR count). The van der Waals surface area contributed by atoms with E-state index in [1.165, 1.54) is 11.3 Å². The molecule has 0 saturated carbocycles. The normalized spacial score (nSPS) is 10.7. The Labute approximate surface area is 185 Å². The lowest BCUT2D eigenvalue weighted by molar-refractivity contribution is 0.0755. The van der Waals surface area contributed by atoms with Crippen LogP contribution in [-0.2, 0) is 6.54 Å². The van der Waals surface area contributed by atoms with E-state index < -0.39 is 0 Å². The van der Waals surface area contributed by atoms with Gasteiger partial charge in [-0.15, -0.1) is 11.3 Å². The van der Waals surface area contributed by atoms with Crippen molar-refractivity contribution < 1.29 is 9.59 Å². The molecule has 5 nitrogen and oxygen atoms in total. The lowest BCUT2D eigenvalue weighted by Gasteiger charge is -2.21. The molecule has 0 fully saturated rings. The van der Waals surface area contributed by atoms with Gasteiger partial charge in [0.25, 0.3) is 11.8 Å². The second kappa shape index (κ2) is 9.41. The number of aryl methyl sites for hydroxylation is 1. The van der Waals surface area contributed by atoms with E-state index in [0.717, 1.165) is 16.1 Å². The van der Waals surface area contributed by atoms with Crippen LogP contribution in [0.2, 0.25) is 5.02 Å². The van der Waals surface area contributed by atoms with Crippen LogP contribution in [0.5, 0.6) is 0 Å². The molecule has 0 radical (unpaired) electrons. The number of nitrogens with zero attached hydrogens (tertiary/aromatic N) is 3. The summed E-state index contributed by atoms with van der Waals surface area (Å²) in [7, 11) is 3.45. The van der Waals surface area contributed by atoms with Crippen molar-refractivity contribution in [2.75, 3.05) is 20.6 Å². The highest BCUT2D eigenvalue weighted by Gasteiger charge is 2.22. The fourth-order valence-corrected chi connectivity index (χ4v) is 4.40. The summed E-state index contributed by atoms with van der Waals surface area (Å²) in [4.78, 5) is 33.8. The number of hydrogen-bond donors (Lipinski definition) is 0. The first kappa shape index (κ1) is 22.0. The third-order valence-electron chi connectivity index (χ3n) is 4.74. The van der Waals surface area contributed by atoms with E-state index in [9.17, 15) is 9.59 Å². The minimum absolute atomic E-state index is 0.0441. The van der Waals surface area contributed by atoms with Gasteiger partial charge in [-0.05, 0) is 37.6 Å². The number of halogens is 1. The van der Waals surface area contributed by atoms with Crippen LogP contribution in [0.15, 0.2) is 48.5 Å². The maximum atomic E-state index is 13.2. The van der Waals surface area contributed by atoms with Crippen LogP contribution in [0.3, 0.4) is 0 Å². The second-order valence-corrected chi connectivity index (χ2v) is 8.54. The van der Waals surface area contributed by atoms with Gasteiger partial charge in [0.2, 0.25) is 0 Å². The first-order chi connectivity index (χ1) is 14.3. The first-order valence-electron chi connectivity index (χ1n) is 9.64. The number of amides is 2. The summed E-state index contributed by atoms with van der Waals surface area (Å²) in [6.45, 7) is 4.83. The molecule has 30 heavy (non-hydrogen) atoms. The quantitative estimate of drug-likeness (QED) is 0.532. The molecule has 1 heterocycles. The van der Waals surface area contributed by atoms with Crippen molar-refractivity contribution in [1.82, 2.24) is 14.8 Å². The standard InChI is InChI=1S/C23H24ClN3O2S/c1-5-27(14-16-10-12-17(13-11-16)22(28)26(3)4)23(29)20-15(2)25-21(30-20)18-8-6-7-9-19(18)24/h6-13H,5,14H2,1-4H3. The van der Waals surface area contributed by atoms with E-state index in [2.05, 4.69) is 4.98 Å². The molecule has 0 bridgehead atoms. The monoisotopic (exact) mass is 441 g/mol. The Morgan fingerprint density at radius 1 is 1.03 bits per heavy atom. The minimum atomic E-state index is -0.0563. The maximum absolute atomic E-state index is 13.2. The number of benzene rings is 2. The largest absolute Gasteiger partial charge is 0.345 e. The summed E-state index contributed by atoms with van der Waals surface area (Å²) >= 11 is 7.66. The van der Waals surface area contributed by atoms with Crippen LogP contribution in [0.25, 0.3) is 10.6 Å². The van der Waals surface area contributed by atoms with Gasteiger partial charge in [-0.1, -0.05) is 41.9 Å². The average molecular weight is 442 g/mol. The van der Waals surface area contributed by atoms with E-state index in [1.807, 2.05) is 50.2 Å². The predicted molar refractivity (Wildman–Crippen MR) is 122 cm³/mol. The van der Waals surface area contributed by atoms with Crippen molar-refractivity contribution in [2.45, 2.75) is 20.4 Å². The van der Waals surface area contributed by atoms with Crippen LogP contribution in [0.4, 0.5) is 0 Å². The number of aromatic nitrogens is 1. The molecular formula is C23H24ClN3O2S. The molecule has 156 valence electrons. The van der Waals surface area contributed by atoms with Gasteiger partial charge < -0.3 is 9.80 Å². The van der Waals surface area contributed by atoms with Crippen LogP contribution in [-0.4, -0.2) is 47.2 Å². The van der Waals surface area contributed by atoms with Crippen molar-refractivity contribution in [1.29, 1.82) is 0 Å². The number of thiazole rings is 1. The molecule has 2 amide bonds. The average Bonchev–Trinajstić information content (AvgIpc) is 3.13. The first-order valence-corrected chi connectivity index (χ1v) is 10.8. The molecule has 0 saturated heterocycles. The Bertz CT molecular complexity index is 1060. The van der Waals surface area contributed by atoms with Crippen molar-refractivity contribution in [3.63, 3.8) is 0 Å². The van der Waals surface area contributed by atoms with E-state index in [-0.39, 0.29) is 11.8 Å². The molecule has 0 aliphatic rings. The third kappa shape index (κ3) is 4.71. The summed E-state index contributed by atoms with van der Waals surface area (Å²) in [5.74, 6) is -0.100. The van der Waals surface area contributed by atoms with Crippen molar-refractivity contribution in [2.24, 2.45) is 0 Å². The smallest absolute Gasteiger partial charge is 0.266 e. The summed E-state index contributed by atoms with van der Waals surface area (Å²) in [6.07, 6.45) is 0. The highest BCUT2D eigenvalue weighted by atomic mass is 35.5. The molecular weight excluding hydrogens is 418 g/mol. The van der Waals surface area contributed by atoms with Gasteiger partial charge in [0.05, 0.1) is 10.7 Å². The molecule has 0 N–H and O–H groups in total. The van der Waals surface area contributed by atoms with Gasteiger partial charge in [0.1, 0.15) is 9.88 Å². The topological polar surface area (TPSA) is 53.5 Å². The zero-order valence-electron chi connectivity index (χ0n) is 17.5. The van der Waals surface area contributed by atoms with Crippen LogP contribution in [0, 0.1) is 6.92 Å². The van der Waals surface area contributed by atoms with Crippen molar-refractivity contribution in [3.05, 3.63) is 75.3 Å². The Balaban J connectivity index is 1.80. The lowest BCUT2D eigenvalue weighted by atomic mass is 10.1. The van der Waals surface area contributed by atoms with E-state index in [4.69, 9.17) is 11.6 Å². The highest BCUT2D eigenvalue weighted by molar-refractivity contribution is 7.17. The van der Waals surface area contributed by atoms with Gasteiger partial charge in [-0.25, -0.2) is 4.98 Å². The highest BCUT2D eigenvalue weighted by Crippen LogP contribution is 2.33. The number of rotatable bonds is 6. The minimum Gasteiger partial charge on any atom is -0.345 e. The molecule has 0 atom stereocenters. The molecule has 2 aromatic carbocycles. The van der Waals surface area contributed by atoms with Gasteiger partial charge in [-0.3, -0.25) is 9.59 Å². The molecule has 7 heteroatoms. The van der Waals surface area contributed by atoms with Crippen molar-refractivity contribution >= 4 is 34.8 Å². The predicted octanol–water partition coefficient (Wildman–Crippen LogP) is 5.14. The van der Waals surface area contributed by atoms with E-state index in [1.54, 1.807) is 36.0 Å². The molecule has 1 aromatic heterocycles. The zero-order chi connectivity index (χ0) is 21.8.